The van der Waals surface area contributed by atoms with Crippen molar-refractivity contribution in [2.75, 3.05) is 0 Å². The average Bonchev–Trinajstić information content (AvgIpc) is 3.13. The standard InChI is InChI=1S/C16H16N4O/c1-3-19-15(11-12(2)18-19)16(21)14-9-10-17-20(14)13-7-5-4-6-8-13/h4-11H,3H2,1-2H3. The first-order chi connectivity index (χ1) is 10.2. The highest BCUT2D eigenvalue weighted by Gasteiger charge is 2.19. The first-order valence-electron chi connectivity index (χ1n) is 6.89. The lowest BCUT2D eigenvalue weighted by molar-refractivity contribution is 0.102. The fourth-order valence-electron chi connectivity index (χ4n) is 2.35. The normalized spacial score (nSPS) is 10.8. The van der Waals surface area contributed by atoms with Crippen molar-refractivity contribution in [2.24, 2.45) is 0 Å². The van der Waals surface area contributed by atoms with E-state index in [0.717, 1.165) is 11.4 Å². The van der Waals surface area contributed by atoms with Gasteiger partial charge in [0, 0.05) is 6.54 Å². The van der Waals surface area contributed by atoms with Crippen LogP contribution in [0.25, 0.3) is 5.69 Å². The van der Waals surface area contributed by atoms with E-state index >= 15 is 0 Å². The summed E-state index contributed by atoms with van der Waals surface area (Å²) in [4.78, 5) is 12.8. The summed E-state index contributed by atoms with van der Waals surface area (Å²) in [5.41, 5.74) is 2.83. The Hall–Kier alpha value is -2.69. The second-order valence-electron chi connectivity index (χ2n) is 4.78. The van der Waals surface area contributed by atoms with E-state index in [4.69, 9.17) is 0 Å². The number of carbonyl (C=O) groups is 1. The minimum Gasteiger partial charge on any atom is -0.285 e. The van der Waals surface area contributed by atoms with Crippen molar-refractivity contribution in [3.63, 3.8) is 0 Å². The zero-order valence-electron chi connectivity index (χ0n) is 12.0. The Morgan fingerprint density at radius 2 is 1.90 bits per heavy atom. The van der Waals surface area contributed by atoms with E-state index in [-0.39, 0.29) is 5.78 Å². The van der Waals surface area contributed by atoms with Crippen LogP contribution < -0.4 is 0 Å². The summed E-state index contributed by atoms with van der Waals surface area (Å²) in [6, 6.07) is 13.2. The molecule has 2 heterocycles. The predicted octanol–water partition coefficient (Wildman–Crippen LogP) is 2.63. The van der Waals surface area contributed by atoms with Crippen LogP contribution in [0.5, 0.6) is 0 Å². The predicted molar refractivity (Wildman–Crippen MR) is 79.6 cm³/mol. The minimum atomic E-state index is -0.0706. The Balaban J connectivity index is 2.06. The van der Waals surface area contributed by atoms with Crippen molar-refractivity contribution >= 4 is 5.78 Å². The van der Waals surface area contributed by atoms with Crippen LogP contribution in [-0.4, -0.2) is 25.3 Å². The van der Waals surface area contributed by atoms with Crippen LogP contribution in [0, 0.1) is 6.92 Å². The molecule has 0 bridgehead atoms. The highest BCUT2D eigenvalue weighted by atomic mass is 16.1. The summed E-state index contributed by atoms with van der Waals surface area (Å²) < 4.78 is 3.38. The number of aryl methyl sites for hydroxylation is 2. The lowest BCUT2D eigenvalue weighted by atomic mass is 10.2. The lowest BCUT2D eigenvalue weighted by Crippen LogP contribution is -2.14. The van der Waals surface area contributed by atoms with Gasteiger partial charge in [-0.2, -0.15) is 10.2 Å². The summed E-state index contributed by atoms with van der Waals surface area (Å²) in [5.74, 6) is -0.0706. The molecule has 0 amide bonds. The third-order valence-corrected chi connectivity index (χ3v) is 3.31. The Labute approximate surface area is 122 Å². The molecule has 3 rings (SSSR count). The molecular formula is C16H16N4O. The topological polar surface area (TPSA) is 52.7 Å². The largest absolute Gasteiger partial charge is 0.285 e. The molecular weight excluding hydrogens is 264 g/mol. The number of carbonyl (C=O) groups excluding carboxylic acids is 1. The monoisotopic (exact) mass is 280 g/mol. The van der Waals surface area contributed by atoms with Crippen LogP contribution in [0.4, 0.5) is 0 Å². The van der Waals surface area contributed by atoms with Crippen LogP contribution in [0.1, 0.15) is 28.8 Å². The summed E-state index contributed by atoms with van der Waals surface area (Å²) in [6.07, 6.45) is 1.64. The molecule has 5 heteroatoms. The second-order valence-corrected chi connectivity index (χ2v) is 4.78. The number of hydrogen-bond donors (Lipinski definition) is 0. The number of benzene rings is 1. The Morgan fingerprint density at radius 1 is 1.14 bits per heavy atom. The van der Waals surface area contributed by atoms with Gasteiger partial charge in [0.1, 0.15) is 11.4 Å². The fourth-order valence-corrected chi connectivity index (χ4v) is 2.35. The van der Waals surface area contributed by atoms with Gasteiger partial charge in [-0.25, -0.2) is 4.68 Å². The highest BCUT2D eigenvalue weighted by Crippen LogP contribution is 2.15. The van der Waals surface area contributed by atoms with E-state index in [0.29, 0.717) is 17.9 Å². The van der Waals surface area contributed by atoms with Crippen molar-refractivity contribution < 1.29 is 4.79 Å². The van der Waals surface area contributed by atoms with Gasteiger partial charge in [-0.15, -0.1) is 0 Å². The van der Waals surface area contributed by atoms with E-state index in [9.17, 15) is 4.79 Å². The molecule has 0 N–H and O–H groups in total. The number of rotatable bonds is 4. The molecule has 0 unspecified atom stereocenters. The van der Waals surface area contributed by atoms with Gasteiger partial charge in [-0.05, 0) is 38.1 Å². The summed E-state index contributed by atoms with van der Waals surface area (Å²) in [6.45, 7) is 4.52. The van der Waals surface area contributed by atoms with Crippen molar-refractivity contribution in [3.8, 4) is 5.69 Å². The molecule has 0 fully saturated rings. The molecule has 106 valence electrons. The fraction of sp³-hybridized carbons (Fsp3) is 0.188. The van der Waals surface area contributed by atoms with Crippen LogP contribution in [0.15, 0.2) is 48.7 Å². The molecule has 0 radical (unpaired) electrons. The van der Waals surface area contributed by atoms with Gasteiger partial charge in [0.15, 0.2) is 0 Å². The maximum absolute atomic E-state index is 12.8. The zero-order chi connectivity index (χ0) is 14.8. The summed E-state index contributed by atoms with van der Waals surface area (Å²) >= 11 is 0. The number of ketones is 1. The highest BCUT2D eigenvalue weighted by molar-refractivity contribution is 6.07. The first kappa shape index (κ1) is 13.3. The molecule has 0 saturated carbocycles. The van der Waals surface area contributed by atoms with Gasteiger partial charge in [-0.1, -0.05) is 18.2 Å². The van der Waals surface area contributed by atoms with E-state index in [1.54, 1.807) is 21.6 Å². The molecule has 0 aliphatic rings. The van der Waals surface area contributed by atoms with Gasteiger partial charge in [0.05, 0.1) is 17.6 Å². The van der Waals surface area contributed by atoms with Crippen LogP contribution in [-0.2, 0) is 6.54 Å². The molecule has 0 aliphatic heterocycles. The van der Waals surface area contributed by atoms with E-state index in [2.05, 4.69) is 10.2 Å². The van der Waals surface area contributed by atoms with Gasteiger partial charge in [0.25, 0.3) is 0 Å². The third kappa shape index (κ3) is 2.38. The van der Waals surface area contributed by atoms with Crippen molar-refractivity contribution in [1.82, 2.24) is 19.6 Å². The van der Waals surface area contributed by atoms with E-state index < -0.39 is 0 Å². The molecule has 0 spiro atoms. The number of aromatic nitrogens is 4. The summed E-state index contributed by atoms with van der Waals surface area (Å²) in [7, 11) is 0. The van der Waals surface area contributed by atoms with Crippen molar-refractivity contribution in [1.29, 1.82) is 0 Å². The number of nitrogens with zero attached hydrogens (tertiary/aromatic N) is 4. The van der Waals surface area contributed by atoms with Crippen LogP contribution >= 0.6 is 0 Å². The lowest BCUT2D eigenvalue weighted by Gasteiger charge is -2.07. The second kappa shape index (κ2) is 5.36. The minimum absolute atomic E-state index is 0.0706. The molecule has 0 saturated heterocycles. The molecule has 1 aromatic carbocycles. The molecule has 21 heavy (non-hydrogen) atoms. The maximum Gasteiger partial charge on any atom is 0.229 e. The van der Waals surface area contributed by atoms with Gasteiger partial charge in [-0.3, -0.25) is 9.48 Å². The van der Waals surface area contributed by atoms with Gasteiger partial charge < -0.3 is 0 Å². The molecule has 0 atom stereocenters. The number of hydrogen-bond acceptors (Lipinski definition) is 3. The molecule has 5 nitrogen and oxygen atoms in total. The zero-order valence-corrected chi connectivity index (χ0v) is 12.0. The quantitative estimate of drug-likeness (QED) is 0.690. The molecule has 3 aromatic rings. The Bertz CT molecular complexity index is 771. The van der Waals surface area contributed by atoms with Crippen molar-refractivity contribution in [2.45, 2.75) is 20.4 Å². The Kier molecular flexibility index (Phi) is 3.39. The SMILES string of the molecule is CCn1nc(C)cc1C(=O)c1ccnn1-c1ccccc1. The third-order valence-electron chi connectivity index (χ3n) is 3.31. The number of para-hydroxylation sites is 1. The van der Waals surface area contributed by atoms with Crippen molar-refractivity contribution in [3.05, 3.63) is 65.7 Å². The van der Waals surface area contributed by atoms with Crippen LogP contribution in [0.2, 0.25) is 0 Å². The molecule has 2 aromatic heterocycles. The van der Waals surface area contributed by atoms with E-state index in [1.807, 2.05) is 50.2 Å². The Morgan fingerprint density at radius 3 is 2.62 bits per heavy atom. The van der Waals surface area contributed by atoms with Crippen LogP contribution in [0.3, 0.4) is 0 Å². The van der Waals surface area contributed by atoms with E-state index in [1.165, 1.54) is 0 Å². The smallest absolute Gasteiger partial charge is 0.229 e. The van der Waals surface area contributed by atoms with Gasteiger partial charge in [0.2, 0.25) is 5.78 Å². The first-order valence-corrected chi connectivity index (χ1v) is 6.89. The average molecular weight is 280 g/mol. The van der Waals surface area contributed by atoms with Gasteiger partial charge >= 0.3 is 0 Å². The maximum atomic E-state index is 12.8. The summed E-state index contributed by atoms with van der Waals surface area (Å²) in [5, 5.41) is 8.59. The molecule has 0 aliphatic carbocycles.